The summed E-state index contributed by atoms with van der Waals surface area (Å²) in [7, 11) is 0. The Bertz CT molecular complexity index is 2290. The van der Waals surface area contributed by atoms with Gasteiger partial charge >= 0.3 is 12.2 Å². The monoisotopic (exact) mass is 726 g/mol. The number of H-pyrrole nitrogens is 2. The Balaban J connectivity index is 0.853. The van der Waals surface area contributed by atoms with Crippen molar-refractivity contribution in [3.63, 3.8) is 0 Å². The molecule has 5 aliphatic rings. The van der Waals surface area contributed by atoms with Crippen LogP contribution in [-0.2, 0) is 28.9 Å². The highest BCUT2D eigenvalue weighted by molar-refractivity contribution is 5.77. The molecule has 10 rings (SSSR count). The van der Waals surface area contributed by atoms with Crippen LogP contribution in [0.2, 0.25) is 0 Å². The van der Waals surface area contributed by atoms with Gasteiger partial charge in [-0.25, -0.2) is 23.9 Å². The van der Waals surface area contributed by atoms with E-state index in [1.807, 2.05) is 73.0 Å². The molecular weight excluding hydrogens is 684 g/mol. The number of aromatic amines is 2. The Kier molecular flexibility index (Phi) is 7.55. The summed E-state index contributed by atoms with van der Waals surface area (Å²) in [6.07, 6.45) is 6.39. The van der Waals surface area contributed by atoms with Crippen LogP contribution in [0, 0.1) is 17.7 Å². The fourth-order valence-corrected chi connectivity index (χ4v) is 9.05. The van der Waals surface area contributed by atoms with Crippen LogP contribution < -0.4 is 0 Å². The Morgan fingerprint density at radius 2 is 1.50 bits per heavy atom. The number of imidazole rings is 2. The largest absolute Gasteiger partial charge is 0.445 e. The molecule has 10 nitrogen and oxygen atoms in total. The molecular formula is C43H43FN6O4. The summed E-state index contributed by atoms with van der Waals surface area (Å²) in [5.74, 6) is 2.07. The lowest BCUT2D eigenvalue weighted by molar-refractivity contribution is 0.0175. The number of hydrogen-bond donors (Lipinski definition) is 2. The van der Waals surface area contributed by atoms with Crippen molar-refractivity contribution < 1.29 is 23.5 Å². The van der Waals surface area contributed by atoms with Crippen molar-refractivity contribution in [1.82, 2.24) is 29.7 Å². The molecule has 11 heteroatoms. The number of rotatable bonds is 6. The summed E-state index contributed by atoms with van der Waals surface area (Å²) in [6, 6.07) is 21.4. The van der Waals surface area contributed by atoms with Crippen molar-refractivity contribution in [2.45, 2.75) is 95.7 Å². The fourth-order valence-electron chi connectivity index (χ4n) is 9.05. The van der Waals surface area contributed by atoms with E-state index in [2.05, 4.69) is 27.1 Å². The molecule has 2 aliphatic heterocycles. The summed E-state index contributed by atoms with van der Waals surface area (Å²) in [5.41, 5.74) is 7.35. The van der Waals surface area contributed by atoms with E-state index >= 15 is 4.39 Å². The van der Waals surface area contributed by atoms with E-state index < -0.39 is 5.60 Å². The van der Waals surface area contributed by atoms with Crippen LogP contribution in [0.3, 0.4) is 0 Å². The summed E-state index contributed by atoms with van der Waals surface area (Å²) in [4.78, 5) is 46.7. The highest BCUT2D eigenvalue weighted by Gasteiger charge is 2.57. The van der Waals surface area contributed by atoms with E-state index in [0.717, 1.165) is 78.0 Å². The maximum absolute atomic E-state index is 15.8. The number of nitrogens with one attached hydrogen (secondary N) is 2. The Morgan fingerprint density at radius 1 is 0.815 bits per heavy atom. The number of ether oxygens (including phenoxy) is 2. The number of hydrogen-bond acceptors (Lipinski definition) is 6. The van der Waals surface area contributed by atoms with Crippen LogP contribution in [0.25, 0.3) is 33.6 Å². The molecule has 2 saturated carbocycles. The molecule has 0 radical (unpaired) electrons. The number of carbonyl (C=O) groups excluding carboxylic acids is 2. The zero-order valence-corrected chi connectivity index (χ0v) is 30.6. The third-order valence-corrected chi connectivity index (χ3v) is 11.9. The van der Waals surface area contributed by atoms with Crippen molar-refractivity contribution in [1.29, 1.82) is 0 Å². The van der Waals surface area contributed by atoms with E-state index in [4.69, 9.17) is 14.5 Å². The summed E-state index contributed by atoms with van der Waals surface area (Å²) >= 11 is 0. The van der Waals surface area contributed by atoms with Crippen LogP contribution in [0.4, 0.5) is 14.0 Å². The molecule has 2 N–H and O–H groups in total. The molecule has 54 heavy (non-hydrogen) atoms. The molecule has 0 spiro atoms. The third kappa shape index (κ3) is 5.84. The molecule has 2 saturated heterocycles. The van der Waals surface area contributed by atoms with Gasteiger partial charge in [-0.1, -0.05) is 54.6 Å². The molecule has 1 unspecified atom stereocenters. The molecule has 3 aromatic carbocycles. The maximum Gasteiger partial charge on any atom is 0.411 e. The zero-order chi connectivity index (χ0) is 36.9. The molecule has 5 aromatic rings. The Hall–Kier alpha value is -5.45. The highest BCUT2D eigenvalue weighted by atomic mass is 19.1. The predicted molar refractivity (Wildman–Crippen MR) is 199 cm³/mol. The van der Waals surface area contributed by atoms with Gasteiger partial charge in [0, 0.05) is 28.9 Å². The average Bonchev–Trinajstić information content (AvgIpc) is 3.77. The standard InChI is InChI=1S/C43H43FN6O4/c1-43(2,3)54-42(52)50-35-18-27(35)19-36(50)39-45-21-33(47-39)30-13-10-25(16-31(30)44)24-9-12-29-26(15-24)11-14-32-38(29)48-40(46-32)37-20-28-17-34(28)49(37)41(51)53-22-23-7-5-4-6-8-23/h4-10,12-13,15-16,21,27-28,34-37H,11,14,17-20,22H2,1-3H3,(H,45,47)(H,46,48)/t27?,28-,34-,35-,36+,37+/m1/s1. The maximum atomic E-state index is 15.8. The van der Waals surface area contributed by atoms with E-state index in [-0.39, 0.29) is 48.8 Å². The van der Waals surface area contributed by atoms with Crippen molar-refractivity contribution in [2.24, 2.45) is 11.8 Å². The number of amides is 2. The lowest BCUT2D eigenvalue weighted by atomic mass is 9.89. The first-order valence-corrected chi connectivity index (χ1v) is 19.2. The van der Waals surface area contributed by atoms with Crippen molar-refractivity contribution in [3.8, 4) is 33.6 Å². The summed E-state index contributed by atoms with van der Waals surface area (Å²) < 4.78 is 27.3. The van der Waals surface area contributed by atoms with Gasteiger partial charge in [-0.2, -0.15) is 0 Å². The lowest BCUT2D eigenvalue weighted by Gasteiger charge is -2.29. The number of carbonyl (C=O) groups is 2. The SMILES string of the molecule is CC(C)(C)OC(=O)N1[C@@H]2CC2C[C@H]1c1ncc(-c2ccc(-c3ccc4c(c3)CCc3[nH]c([C@@H]5C[C@H]6C[C@H]6N5C(=O)OCc5ccccc5)nc3-4)cc2F)[nH]1. The molecule has 6 atom stereocenters. The fraction of sp³-hybridized carbons (Fsp3) is 0.395. The van der Waals surface area contributed by atoms with Gasteiger partial charge in [-0.3, -0.25) is 9.80 Å². The van der Waals surface area contributed by atoms with Gasteiger partial charge in [0.2, 0.25) is 0 Å². The minimum Gasteiger partial charge on any atom is -0.445 e. The second kappa shape index (κ2) is 12.3. The molecule has 3 aliphatic carbocycles. The van der Waals surface area contributed by atoms with E-state index in [0.29, 0.717) is 28.9 Å². The summed E-state index contributed by atoms with van der Waals surface area (Å²) in [6.45, 7) is 5.86. The van der Waals surface area contributed by atoms with Gasteiger partial charge in [0.15, 0.2) is 0 Å². The van der Waals surface area contributed by atoms with Crippen LogP contribution in [0.15, 0.2) is 72.9 Å². The average molecular weight is 727 g/mol. The molecule has 2 amide bonds. The van der Waals surface area contributed by atoms with Gasteiger partial charge in [0.1, 0.15) is 29.7 Å². The molecule has 0 bridgehead atoms. The van der Waals surface area contributed by atoms with Gasteiger partial charge in [0.05, 0.1) is 29.7 Å². The zero-order valence-electron chi connectivity index (χ0n) is 30.6. The molecule has 4 heterocycles. The second-order valence-electron chi connectivity index (χ2n) is 16.7. The first kappa shape index (κ1) is 33.1. The minimum absolute atomic E-state index is 0.134. The van der Waals surface area contributed by atoms with E-state index in [1.165, 1.54) is 5.56 Å². The number of aryl methyl sites for hydroxylation is 2. The van der Waals surface area contributed by atoms with Gasteiger partial charge in [-0.15, -0.1) is 0 Å². The van der Waals surface area contributed by atoms with Gasteiger partial charge < -0.3 is 19.4 Å². The molecule has 276 valence electrons. The van der Waals surface area contributed by atoms with E-state index in [1.54, 1.807) is 18.3 Å². The first-order chi connectivity index (χ1) is 26.1. The molecule has 2 aromatic heterocycles. The van der Waals surface area contributed by atoms with Gasteiger partial charge in [-0.05, 0) is 106 Å². The number of fused-ring (bicyclic) bond motifs is 5. The minimum atomic E-state index is -0.586. The van der Waals surface area contributed by atoms with E-state index in [9.17, 15) is 9.59 Å². The quantitative estimate of drug-likeness (QED) is 0.181. The van der Waals surface area contributed by atoms with Gasteiger partial charge in [0.25, 0.3) is 0 Å². The smallest absolute Gasteiger partial charge is 0.411 e. The van der Waals surface area contributed by atoms with Crippen molar-refractivity contribution >= 4 is 12.2 Å². The van der Waals surface area contributed by atoms with Crippen LogP contribution in [0.5, 0.6) is 0 Å². The number of piperidine rings is 2. The molecule has 4 fully saturated rings. The van der Waals surface area contributed by atoms with Crippen molar-refractivity contribution in [2.75, 3.05) is 0 Å². The number of halogens is 1. The van der Waals surface area contributed by atoms with Crippen LogP contribution >= 0.6 is 0 Å². The predicted octanol–water partition coefficient (Wildman–Crippen LogP) is 8.91. The first-order valence-electron chi connectivity index (χ1n) is 19.2. The summed E-state index contributed by atoms with van der Waals surface area (Å²) in [5, 5.41) is 0. The number of aromatic nitrogens is 4. The van der Waals surface area contributed by atoms with Crippen molar-refractivity contribution in [3.05, 3.63) is 107 Å². The number of likely N-dealkylation sites (tertiary alicyclic amines) is 2. The second-order valence-corrected chi connectivity index (χ2v) is 16.7. The number of benzene rings is 3. The highest BCUT2D eigenvalue weighted by Crippen LogP contribution is 2.55. The Labute approximate surface area is 313 Å². The van der Waals surface area contributed by atoms with Crippen LogP contribution in [-0.4, -0.2) is 59.6 Å². The van der Waals surface area contributed by atoms with Crippen LogP contribution in [0.1, 0.15) is 87.0 Å². The number of nitrogens with zero attached hydrogens (tertiary/aromatic N) is 4. The third-order valence-electron chi connectivity index (χ3n) is 11.9. The topological polar surface area (TPSA) is 116 Å². The normalized spacial score (nSPS) is 24.7. The lowest BCUT2D eigenvalue weighted by Crippen LogP contribution is -2.38. The Morgan fingerprint density at radius 3 is 2.22 bits per heavy atom.